The van der Waals surface area contributed by atoms with Gasteiger partial charge in [-0.05, 0) is 25.7 Å². The van der Waals surface area contributed by atoms with Crippen molar-refractivity contribution in [2.24, 2.45) is 0 Å². The first-order valence-electron chi connectivity index (χ1n) is 27.3. The topological polar surface area (TPSA) is 95.9 Å². The largest absolute Gasteiger partial charge is 0.466 e. The summed E-state index contributed by atoms with van der Waals surface area (Å²) in [6.07, 6.45) is 56.6. The van der Waals surface area contributed by atoms with E-state index in [1.54, 1.807) is 0 Å². The van der Waals surface area contributed by atoms with Gasteiger partial charge in [0.15, 0.2) is 0 Å². The van der Waals surface area contributed by atoms with E-state index in [4.69, 9.17) is 4.74 Å². The van der Waals surface area contributed by atoms with Gasteiger partial charge in [-0.2, -0.15) is 0 Å². The van der Waals surface area contributed by atoms with Crippen molar-refractivity contribution in [2.75, 3.05) is 13.2 Å². The zero-order chi connectivity index (χ0) is 43.7. The Hall–Kier alpha value is -1.14. The molecule has 0 aliphatic rings. The molecule has 0 radical (unpaired) electrons. The Bertz CT molecular complexity index is 852. The molecule has 3 N–H and O–H groups in total. The molecule has 358 valence electrons. The summed E-state index contributed by atoms with van der Waals surface area (Å²) in [4.78, 5) is 24.5. The van der Waals surface area contributed by atoms with E-state index in [0.717, 1.165) is 44.9 Å². The molecule has 0 rings (SSSR count). The number of hydrogen-bond acceptors (Lipinski definition) is 5. The summed E-state index contributed by atoms with van der Waals surface area (Å²) in [7, 11) is 0. The molecule has 2 unspecified atom stereocenters. The molecule has 0 spiro atoms. The van der Waals surface area contributed by atoms with Gasteiger partial charge >= 0.3 is 5.97 Å². The summed E-state index contributed by atoms with van der Waals surface area (Å²) >= 11 is 0. The van der Waals surface area contributed by atoms with Crippen LogP contribution in [0.15, 0.2) is 0 Å². The van der Waals surface area contributed by atoms with Gasteiger partial charge in [-0.15, -0.1) is 0 Å². The first-order chi connectivity index (χ1) is 29.5. The molecule has 0 aromatic carbocycles. The number of rotatable bonds is 51. The van der Waals surface area contributed by atoms with Crippen molar-refractivity contribution >= 4 is 11.9 Å². The van der Waals surface area contributed by atoms with E-state index >= 15 is 0 Å². The van der Waals surface area contributed by atoms with Crippen molar-refractivity contribution in [1.82, 2.24) is 5.32 Å². The molecule has 0 saturated carbocycles. The van der Waals surface area contributed by atoms with E-state index in [9.17, 15) is 19.8 Å². The van der Waals surface area contributed by atoms with Crippen molar-refractivity contribution in [2.45, 2.75) is 321 Å². The second-order valence-corrected chi connectivity index (χ2v) is 18.9. The van der Waals surface area contributed by atoms with Gasteiger partial charge < -0.3 is 20.3 Å². The molecule has 1 amide bonds. The molecule has 0 aromatic rings. The Kier molecular flexibility index (Phi) is 49.5. The Labute approximate surface area is 375 Å². The monoisotopic (exact) mass is 850 g/mol. The SMILES string of the molecule is CCCCCCCCCCCCCCCCCCCCC(=O)OCCCCCCCCCCCCCCCCCC(=O)NC(CO)C(O)CCCCCCCCCCCC. The van der Waals surface area contributed by atoms with Crippen molar-refractivity contribution in [3.63, 3.8) is 0 Å². The fourth-order valence-electron chi connectivity index (χ4n) is 8.70. The van der Waals surface area contributed by atoms with Crippen LogP contribution in [0.2, 0.25) is 0 Å². The second-order valence-electron chi connectivity index (χ2n) is 18.9. The number of aliphatic hydroxyl groups is 2. The molecule has 0 heterocycles. The van der Waals surface area contributed by atoms with E-state index in [-0.39, 0.29) is 18.5 Å². The van der Waals surface area contributed by atoms with Gasteiger partial charge in [-0.25, -0.2) is 0 Å². The van der Waals surface area contributed by atoms with Crippen molar-refractivity contribution in [3.05, 3.63) is 0 Å². The van der Waals surface area contributed by atoms with Crippen LogP contribution in [0.25, 0.3) is 0 Å². The van der Waals surface area contributed by atoms with Crippen LogP contribution in [0, 0.1) is 0 Å². The summed E-state index contributed by atoms with van der Waals surface area (Å²) in [5.74, 6) is -0.0381. The zero-order valence-electron chi connectivity index (χ0n) is 40.7. The van der Waals surface area contributed by atoms with E-state index in [0.29, 0.717) is 25.9 Å². The van der Waals surface area contributed by atoms with E-state index in [1.807, 2.05) is 0 Å². The number of carbonyl (C=O) groups excluding carboxylic acids is 2. The maximum absolute atomic E-state index is 12.4. The normalized spacial score (nSPS) is 12.5. The number of hydrogen-bond donors (Lipinski definition) is 3. The third-order valence-electron chi connectivity index (χ3n) is 12.9. The van der Waals surface area contributed by atoms with E-state index in [1.165, 1.54) is 231 Å². The Balaban J connectivity index is 3.37. The minimum Gasteiger partial charge on any atom is -0.466 e. The predicted molar refractivity (Wildman–Crippen MR) is 260 cm³/mol. The minimum atomic E-state index is -0.666. The standard InChI is InChI=1S/C54H107NO5/c1-3-5-7-9-11-13-15-16-17-18-19-22-25-28-32-36-40-44-48-54(59)60-49-45-41-37-33-29-26-23-20-21-24-27-31-35-39-43-47-53(58)55-51(50-56)52(57)46-42-38-34-30-14-12-10-8-6-4-2/h51-52,56-57H,3-50H2,1-2H3,(H,55,58). The molecule has 0 aliphatic carbocycles. The second kappa shape index (κ2) is 50.5. The van der Waals surface area contributed by atoms with Crippen molar-refractivity contribution in [3.8, 4) is 0 Å². The van der Waals surface area contributed by atoms with Crippen LogP contribution in [0.4, 0.5) is 0 Å². The molecule has 0 aromatic heterocycles. The molecular formula is C54H107NO5. The van der Waals surface area contributed by atoms with Gasteiger partial charge in [0.05, 0.1) is 25.4 Å². The summed E-state index contributed by atoms with van der Waals surface area (Å²) in [5.41, 5.74) is 0. The third kappa shape index (κ3) is 46.4. The molecule has 2 atom stereocenters. The highest BCUT2D eigenvalue weighted by atomic mass is 16.5. The zero-order valence-corrected chi connectivity index (χ0v) is 40.7. The van der Waals surface area contributed by atoms with E-state index in [2.05, 4.69) is 19.2 Å². The lowest BCUT2D eigenvalue weighted by Crippen LogP contribution is -2.45. The maximum Gasteiger partial charge on any atom is 0.305 e. The molecule has 60 heavy (non-hydrogen) atoms. The van der Waals surface area contributed by atoms with Gasteiger partial charge in [0.2, 0.25) is 5.91 Å². The number of nitrogens with one attached hydrogen (secondary N) is 1. The molecule has 0 saturated heterocycles. The molecular weight excluding hydrogens is 743 g/mol. The van der Waals surface area contributed by atoms with Gasteiger partial charge in [0, 0.05) is 12.8 Å². The van der Waals surface area contributed by atoms with Gasteiger partial charge in [-0.3, -0.25) is 9.59 Å². The first-order valence-corrected chi connectivity index (χ1v) is 27.3. The van der Waals surface area contributed by atoms with E-state index < -0.39 is 12.1 Å². The van der Waals surface area contributed by atoms with Gasteiger partial charge in [0.1, 0.15) is 0 Å². The molecule has 0 bridgehead atoms. The number of amides is 1. The lowest BCUT2D eigenvalue weighted by atomic mass is 10.0. The minimum absolute atomic E-state index is 0.00547. The van der Waals surface area contributed by atoms with Crippen LogP contribution >= 0.6 is 0 Å². The average Bonchev–Trinajstić information content (AvgIpc) is 3.25. The number of aliphatic hydroxyl groups excluding tert-OH is 2. The lowest BCUT2D eigenvalue weighted by Gasteiger charge is -2.22. The highest BCUT2D eigenvalue weighted by molar-refractivity contribution is 5.76. The van der Waals surface area contributed by atoms with Gasteiger partial charge in [0.25, 0.3) is 0 Å². The Morgan fingerprint density at radius 3 is 1.02 bits per heavy atom. The molecule has 0 aliphatic heterocycles. The van der Waals surface area contributed by atoms with Crippen molar-refractivity contribution in [1.29, 1.82) is 0 Å². The number of carbonyl (C=O) groups is 2. The molecule has 6 nitrogen and oxygen atoms in total. The van der Waals surface area contributed by atoms with Crippen LogP contribution in [-0.4, -0.2) is 47.4 Å². The summed E-state index contributed by atoms with van der Waals surface area (Å²) < 4.78 is 5.48. The van der Waals surface area contributed by atoms with Crippen LogP contribution in [0.1, 0.15) is 309 Å². The number of unbranched alkanes of at least 4 members (excludes halogenated alkanes) is 40. The summed E-state index contributed by atoms with van der Waals surface area (Å²) in [6, 6.07) is -0.544. The Morgan fingerprint density at radius 1 is 0.400 bits per heavy atom. The number of esters is 1. The average molecular weight is 850 g/mol. The van der Waals surface area contributed by atoms with Crippen LogP contribution < -0.4 is 5.32 Å². The predicted octanol–water partition coefficient (Wildman–Crippen LogP) is 16.4. The summed E-state index contributed by atoms with van der Waals surface area (Å²) in [6.45, 7) is 4.94. The first kappa shape index (κ1) is 58.9. The van der Waals surface area contributed by atoms with Crippen LogP contribution in [0.5, 0.6) is 0 Å². The molecule has 0 fully saturated rings. The molecule has 6 heteroatoms. The summed E-state index contributed by atoms with van der Waals surface area (Å²) in [5, 5.41) is 23.1. The maximum atomic E-state index is 12.4. The van der Waals surface area contributed by atoms with Crippen LogP contribution in [-0.2, 0) is 14.3 Å². The smallest absolute Gasteiger partial charge is 0.305 e. The number of ether oxygens (including phenoxy) is 1. The van der Waals surface area contributed by atoms with Gasteiger partial charge in [-0.1, -0.05) is 271 Å². The highest BCUT2D eigenvalue weighted by Crippen LogP contribution is 2.17. The fraction of sp³-hybridized carbons (Fsp3) is 0.963. The quantitative estimate of drug-likeness (QED) is 0.0418. The highest BCUT2D eigenvalue weighted by Gasteiger charge is 2.20. The Morgan fingerprint density at radius 2 is 0.683 bits per heavy atom. The third-order valence-corrected chi connectivity index (χ3v) is 12.9. The van der Waals surface area contributed by atoms with Crippen LogP contribution in [0.3, 0.4) is 0 Å². The van der Waals surface area contributed by atoms with Crippen molar-refractivity contribution < 1.29 is 24.5 Å². The fourth-order valence-corrected chi connectivity index (χ4v) is 8.70. The lowest BCUT2D eigenvalue weighted by molar-refractivity contribution is -0.143.